The molecule has 3 fully saturated rings. The number of hydrogen-bond acceptors (Lipinski definition) is 7. The minimum absolute atomic E-state index is 0.0973. The molecule has 44 heavy (non-hydrogen) atoms. The van der Waals surface area contributed by atoms with Gasteiger partial charge in [-0.15, -0.1) is 0 Å². The van der Waals surface area contributed by atoms with Gasteiger partial charge in [0.25, 0.3) is 0 Å². The fourth-order valence-corrected chi connectivity index (χ4v) is 7.70. The number of rotatable bonds is 7. The summed E-state index contributed by atoms with van der Waals surface area (Å²) in [4.78, 5) is 32.3. The van der Waals surface area contributed by atoms with E-state index in [9.17, 15) is 19.7 Å². The van der Waals surface area contributed by atoms with E-state index < -0.39 is 25.1 Å². The number of benzene rings is 3. The van der Waals surface area contributed by atoms with Gasteiger partial charge in [-0.05, 0) is 78.0 Å². The number of hydrogen-bond donors (Lipinski definition) is 2. The number of amides is 2. The van der Waals surface area contributed by atoms with Gasteiger partial charge in [-0.1, -0.05) is 60.7 Å². The van der Waals surface area contributed by atoms with E-state index in [1.54, 1.807) is 29.2 Å². The first kappa shape index (κ1) is 28.8. The monoisotopic (exact) mass is 592 g/mol. The molecule has 2 amide bonds. The van der Waals surface area contributed by atoms with Crippen molar-refractivity contribution in [3.05, 3.63) is 107 Å². The zero-order valence-electron chi connectivity index (χ0n) is 24.6. The Bertz CT molecular complexity index is 1520. The minimum atomic E-state index is -1.22. The molecule has 3 saturated heterocycles. The van der Waals surface area contributed by atoms with E-state index >= 15 is 0 Å². The maximum absolute atomic E-state index is 14.2. The van der Waals surface area contributed by atoms with E-state index in [1.165, 1.54) is 5.56 Å². The summed E-state index contributed by atoms with van der Waals surface area (Å²) in [6.07, 6.45) is 1.84. The molecular formula is C35H37BN2O6. The van der Waals surface area contributed by atoms with Crippen molar-refractivity contribution in [1.29, 1.82) is 0 Å². The minimum Gasteiger partial charge on any atom is -0.508 e. The summed E-state index contributed by atoms with van der Waals surface area (Å²) in [5.74, 6) is -0.760. The van der Waals surface area contributed by atoms with Crippen molar-refractivity contribution in [2.75, 3.05) is 19.7 Å². The molecule has 0 unspecified atom stereocenters. The average molecular weight is 593 g/mol. The Balaban J connectivity index is 1.14. The van der Waals surface area contributed by atoms with Crippen LogP contribution in [0.3, 0.4) is 0 Å². The summed E-state index contributed by atoms with van der Waals surface area (Å²) in [5.41, 5.74) is 3.58. The Kier molecular flexibility index (Phi) is 8.01. The van der Waals surface area contributed by atoms with Gasteiger partial charge < -0.3 is 19.5 Å². The van der Waals surface area contributed by atoms with Crippen LogP contribution in [-0.4, -0.2) is 64.6 Å². The van der Waals surface area contributed by atoms with Crippen LogP contribution in [0.1, 0.15) is 42.9 Å². The quantitative estimate of drug-likeness (QED) is 0.307. The van der Waals surface area contributed by atoms with Crippen LogP contribution in [0.5, 0.6) is 11.5 Å². The number of phenolic OH excluding ortho intramolecular Hbond substituents is 1. The van der Waals surface area contributed by atoms with Crippen LogP contribution in [-0.2, 0) is 20.8 Å². The molecule has 0 radical (unpaired) electrons. The van der Waals surface area contributed by atoms with Crippen molar-refractivity contribution < 1.29 is 29.1 Å². The van der Waals surface area contributed by atoms with Crippen molar-refractivity contribution >= 4 is 18.9 Å². The van der Waals surface area contributed by atoms with Crippen molar-refractivity contribution in [1.82, 2.24) is 9.80 Å². The van der Waals surface area contributed by atoms with Crippen LogP contribution in [0.25, 0.3) is 0 Å². The lowest BCUT2D eigenvalue weighted by Gasteiger charge is -2.42. The molecule has 3 heterocycles. The van der Waals surface area contributed by atoms with Crippen LogP contribution < -0.4 is 4.74 Å². The SMILES string of the molecule is O=C1[C@H]2[C@H](CC(COc3ccccc3)=C3B(O)O[C@H](c4ccc(O)cc4)C[C@H]32)C(=O)N1C1CCN(Cc2ccccc2)CC1. The van der Waals surface area contributed by atoms with Gasteiger partial charge in [0.15, 0.2) is 0 Å². The topological polar surface area (TPSA) is 99.5 Å². The normalized spacial score (nSPS) is 26.1. The number of para-hydroxylation sites is 1. The highest BCUT2D eigenvalue weighted by atomic mass is 16.5. The highest BCUT2D eigenvalue weighted by Gasteiger charge is 2.59. The van der Waals surface area contributed by atoms with Crippen molar-refractivity contribution in [3.8, 4) is 11.5 Å². The zero-order chi connectivity index (χ0) is 30.2. The van der Waals surface area contributed by atoms with Crippen LogP contribution in [0.4, 0.5) is 0 Å². The van der Waals surface area contributed by atoms with E-state index in [0.717, 1.165) is 43.6 Å². The first-order valence-corrected chi connectivity index (χ1v) is 15.6. The molecule has 7 rings (SSSR count). The zero-order valence-corrected chi connectivity index (χ0v) is 24.6. The first-order chi connectivity index (χ1) is 21.5. The molecule has 226 valence electrons. The Morgan fingerprint density at radius 3 is 2.25 bits per heavy atom. The summed E-state index contributed by atoms with van der Waals surface area (Å²) < 4.78 is 12.2. The fraction of sp³-hybridized carbons (Fsp3) is 0.371. The third-order valence-electron chi connectivity index (χ3n) is 9.84. The van der Waals surface area contributed by atoms with Gasteiger partial charge in [-0.3, -0.25) is 19.4 Å². The standard InChI is InChI=1S/C35H37BN2O6/c39-27-13-11-24(12-14-27)31-20-29-32-30(19-25(33(29)36(42)44-31)22-43-28-9-5-2-6-10-28)34(40)38(35(32)41)26-15-17-37(18-16-26)21-23-7-3-1-4-8-23/h1-14,26,29-32,39,42H,15-22H2/t29-,30-,31-,32+/m0/s1. The molecule has 3 aliphatic heterocycles. The number of phenols is 1. The van der Waals surface area contributed by atoms with Gasteiger partial charge in [0.05, 0.1) is 17.9 Å². The molecule has 9 heteroatoms. The Hall–Kier alpha value is -3.92. The van der Waals surface area contributed by atoms with Gasteiger partial charge in [-0.2, -0.15) is 0 Å². The van der Waals surface area contributed by atoms with E-state index in [1.807, 2.05) is 48.5 Å². The summed E-state index contributed by atoms with van der Waals surface area (Å²) >= 11 is 0. The number of carbonyl (C=O) groups is 2. The lowest BCUT2D eigenvalue weighted by Crippen LogP contribution is -2.48. The van der Waals surface area contributed by atoms with Gasteiger partial charge in [0, 0.05) is 25.7 Å². The third kappa shape index (κ3) is 5.56. The third-order valence-corrected chi connectivity index (χ3v) is 9.84. The van der Waals surface area contributed by atoms with E-state index in [-0.39, 0.29) is 36.1 Å². The first-order valence-electron chi connectivity index (χ1n) is 15.6. The summed E-state index contributed by atoms with van der Waals surface area (Å²) in [6, 6.07) is 26.4. The molecule has 4 aliphatic rings. The second kappa shape index (κ2) is 12.2. The highest BCUT2D eigenvalue weighted by molar-refractivity contribution is 6.53. The predicted octanol–water partition coefficient (Wildman–Crippen LogP) is 4.53. The van der Waals surface area contributed by atoms with E-state index in [2.05, 4.69) is 17.0 Å². The van der Waals surface area contributed by atoms with E-state index in [4.69, 9.17) is 9.39 Å². The molecular weight excluding hydrogens is 555 g/mol. The smallest absolute Gasteiger partial charge is 0.487 e. The van der Waals surface area contributed by atoms with E-state index in [0.29, 0.717) is 24.1 Å². The molecule has 0 saturated carbocycles. The fourth-order valence-electron chi connectivity index (χ4n) is 7.70. The van der Waals surface area contributed by atoms with Crippen LogP contribution in [0.2, 0.25) is 0 Å². The molecule has 0 bridgehead atoms. The Morgan fingerprint density at radius 1 is 0.864 bits per heavy atom. The second-order valence-corrected chi connectivity index (χ2v) is 12.4. The largest absolute Gasteiger partial charge is 0.508 e. The van der Waals surface area contributed by atoms with Crippen molar-refractivity contribution in [2.45, 2.75) is 44.4 Å². The number of imide groups is 1. The number of allylic oxidation sites excluding steroid dienone is 1. The molecule has 3 aromatic carbocycles. The van der Waals surface area contributed by atoms with Gasteiger partial charge in [-0.25, -0.2) is 0 Å². The summed E-state index contributed by atoms with van der Waals surface area (Å²) in [6.45, 7) is 2.72. The molecule has 0 spiro atoms. The lowest BCUT2D eigenvalue weighted by atomic mass is 9.55. The van der Waals surface area contributed by atoms with Crippen molar-refractivity contribution in [2.24, 2.45) is 17.8 Å². The number of piperidine rings is 1. The second-order valence-electron chi connectivity index (χ2n) is 12.4. The number of carbonyl (C=O) groups excluding carboxylic acids is 2. The maximum atomic E-state index is 14.2. The highest BCUT2D eigenvalue weighted by Crippen LogP contribution is 2.52. The Morgan fingerprint density at radius 2 is 1.55 bits per heavy atom. The average Bonchev–Trinajstić information content (AvgIpc) is 3.30. The summed E-state index contributed by atoms with van der Waals surface area (Å²) in [7, 11) is -1.22. The van der Waals surface area contributed by atoms with Gasteiger partial charge in [0.2, 0.25) is 11.8 Å². The van der Waals surface area contributed by atoms with Crippen LogP contribution >= 0.6 is 0 Å². The number of aromatic hydroxyl groups is 1. The number of nitrogens with zero attached hydrogens (tertiary/aromatic N) is 2. The predicted molar refractivity (Wildman–Crippen MR) is 165 cm³/mol. The molecule has 0 aromatic heterocycles. The lowest BCUT2D eigenvalue weighted by molar-refractivity contribution is -0.144. The molecule has 1 aliphatic carbocycles. The van der Waals surface area contributed by atoms with Gasteiger partial charge >= 0.3 is 7.12 Å². The van der Waals surface area contributed by atoms with Crippen molar-refractivity contribution in [3.63, 3.8) is 0 Å². The Labute approximate surface area is 258 Å². The molecule has 3 aromatic rings. The molecule has 4 atom stereocenters. The number of ether oxygens (including phenoxy) is 1. The van der Waals surface area contributed by atoms with Crippen LogP contribution in [0.15, 0.2) is 96.0 Å². The molecule has 8 nitrogen and oxygen atoms in total. The number of fused-ring (bicyclic) bond motifs is 3. The molecule has 2 N–H and O–H groups in total. The van der Waals surface area contributed by atoms with Crippen LogP contribution in [0, 0.1) is 17.8 Å². The van der Waals surface area contributed by atoms with Gasteiger partial charge in [0.1, 0.15) is 18.1 Å². The maximum Gasteiger partial charge on any atom is 0.487 e. The number of likely N-dealkylation sites (tertiary alicyclic amines) is 2. The summed E-state index contributed by atoms with van der Waals surface area (Å²) in [5, 5.41) is 21.2.